The number of benzene rings is 3. The predicted molar refractivity (Wildman–Crippen MR) is 129 cm³/mol. The fourth-order valence-corrected chi connectivity index (χ4v) is 4.48. The summed E-state index contributed by atoms with van der Waals surface area (Å²) < 4.78 is 6.02. The SMILES string of the molecule is Cc1ccc(N2C(=O)c3ccccc3NC2c2ccccc2OCC(=O)N2CCCC2)cc1. The summed E-state index contributed by atoms with van der Waals surface area (Å²) in [5.74, 6) is 0.503. The van der Waals surface area contributed by atoms with E-state index in [1.54, 1.807) is 4.90 Å². The molecular weight excluding hydrogens is 414 g/mol. The molecule has 0 bridgehead atoms. The number of rotatable bonds is 5. The van der Waals surface area contributed by atoms with Gasteiger partial charge < -0.3 is 15.0 Å². The van der Waals surface area contributed by atoms with Crippen molar-refractivity contribution in [2.24, 2.45) is 0 Å². The van der Waals surface area contributed by atoms with Crippen LogP contribution in [0.3, 0.4) is 0 Å². The molecule has 168 valence electrons. The Labute approximate surface area is 193 Å². The molecule has 2 heterocycles. The highest BCUT2D eigenvalue weighted by Crippen LogP contribution is 2.39. The number of likely N-dealkylation sites (tertiary alicyclic amines) is 1. The zero-order chi connectivity index (χ0) is 22.8. The number of aryl methyl sites for hydroxylation is 1. The Morgan fingerprint density at radius 3 is 2.45 bits per heavy atom. The lowest BCUT2D eigenvalue weighted by Crippen LogP contribution is -2.43. The number of hydrogen-bond acceptors (Lipinski definition) is 4. The van der Waals surface area contributed by atoms with E-state index >= 15 is 0 Å². The molecule has 5 rings (SSSR count). The van der Waals surface area contributed by atoms with Crippen molar-refractivity contribution in [3.63, 3.8) is 0 Å². The van der Waals surface area contributed by atoms with Crippen molar-refractivity contribution in [2.45, 2.75) is 25.9 Å². The van der Waals surface area contributed by atoms with E-state index in [2.05, 4.69) is 5.32 Å². The summed E-state index contributed by atoms with van der Waals surface area (Å²) in [4.78, 5) is 29.8. The van der Waals surface area contributed by atoms with Gasteiger partial charge in [0.25, 0.3) is 11.8 Å². The summed E-state index contributed by atoms with van der Waals surface area (Å²) in [6.07, 6.45) is 1.61. The van der Waals surface area contributed by atoms with Gasteiger partial charge in [-0.25, -0.2) is 0 Å². The topological polar surface area (TPSA) is 61.9 Å². The first kappa shape index (κ1) is 21.1. The van der Waals surface area contributed by atoms with Gasteiger partial charge >= 0.3 is 0 Å². The maximum absolute atomic E-state index is 13.6. The normalized spacial score (nSPS) is 17.5. The average Bonchev–Trinajstić information content (AvgIpc) is 3.39. The van der Waals surface area contributed by atoms with Crippen molar-refractivity contribution in [3.8, 4) is 5.75 Å². The molecule has 1 N–H and O–H groups in total. The largest absolute Gasteiger partial charge is 0.483 e. The minimum atomic E-state index is -0.479. The van der Waals surface area contributed by atoms with E-state index in [-0.39, 0.29) is 18.4 Å². The maximum Gasteiger partial charge on any atom is 0.262 e. The summed E-state index contributed by atoms with van der Waals surface area (Å²) in [7, 11) is 0. The zero-order valence-electron chi connectivity index (χ0n) is 18.7. The van der Waals surface area contributed by atoms with Gasteiger partial charge in [-0.3, -0.25) is 14.5 Å². The summed E-state index contributed by atoms with van der Waals surface area (Å²) in [5, 5.41) is 3.52. The van der Waals surface area contributed by atoms with E-state index in [0.29, 0.717) is 11.3 Å². The van der Waals surface area contributed by atoms with Gasteiger partial charge in [0.1, 0.15) is 11.9 Å². The Balaban J connectivity index is 1.50. The molecule has 1 fully saturated rings. The van der Waals surface area contributed by atoms with Gasteiger partial charge in [0.15, 0.2) is 6.61 Å². The van der Waals surface area contributed by atoms with Crippen LogP contribution < -0.4 is 15.0 Å². The summed E-state index contributed by atoms with van der Waals surface area (Å²) in [6, 6.07) is 23.0. The molecule has 3 aromatic rings. The average molecular weight is 442 g/mol. The fourth-order valence-electron chi connectivity index (χ4n) is 4.48. The summed E-state index contributed by atoms with van der Waals surface area (Å²) in [5.41, 5.74) is 4.11. The fraction of sp³-hybridized carbons (Fsp3) is 0.259. The maximum atomic E-state index is 13.6. The van der Waals surface area contributed by atoms with E-state index in [1.165, 1.54) is 0 Å². The number of carbonyl (C=O) groups excluding carboxylic acids is 2. The van der Waals surface area contributed by atoms with Gasteiger partial charge in [0, 0.05) is 30.0 Å². The second-order valence-corrected chi connectivity index (χ2v) is 8.52. The first-order valence-electron chi connectivity index (χ1n) is 11.4. The van der Waals surface area contributed by atoms with Crippen LogP contribution in [0.2, 0.25) is 0 Å². The van der Waals surface area contributed by atoms with Crippen LogP contribution in [0.15, 0.2) is 72.8 Å². The van der Waals surface area contributed by atoms with Crippen molar-refractivity contribution < 1.29 is 14.3 Å². The molecule has 0 saturated carbocycles. The molecule has 1 saturated heterocycles. The van der Waals surface area contributed by atoms with Crippen molar-refractivity contribution in [3.05, 3.63) is 89.5 Å². The molecular formula is C27H27N3O3. The Hall–Kier alpha value is -3.80. The van der Waals surface area contributed by atoms with Crippen molar-refractivity contribution in [1.29, 1.82) is 0 Å². The van der Waals surface area contributed by atoms with Crippen LogP contribution in [-0.2, 0) is 4.79 Å². The second kappa shape index (κ2) is 8.98. The van der Waals surface area contributed by atoms with Gasteiger partial charge in [-0.1, -0.05) is 48.0 Å². The number of nitrogens with one attached hydrogen (secondary N) is 1. The Morgan fingerprint density at radius 2 is 1.67 bits per heavy atom. The molecule has 6 heteroatoms. The van der Waals surface area contributed by atoms with Crippen molar-refractivity contribution in [2.75, 3.05) is 29.9 Å². The van der Waals surface area contributed by atoms with E-state index < -0.39 is 6.17 Å². The highest BCUT2D eigenvalue weighted by atomic mass is 16.5. The third-order valence-electron chi connectivity index (χ3n) is 6.26. The van der Waals surface area contributed by atoms with Crippen molar-refractivity contribution in [1.82, 2.24) is 4.90 Å². The summed E-state index contributed by atoms with van der Waals surface area (Å²) >= 11 is 0. The molecule has 1 unspecified atom stereocenters. The first-order valence-corrected chi connectivity index (χ1v) is 11.4. The molecule has 33 heavy (non-hydrogen) atoms. The number of nitrogens with zero attached hydrogens (tertiary/aromatic N) is 2. The van der Waals surface area contributed by atoms with E-state index in [0.717, 1.165) is 48.4 Å². The highest BCUT2D eigenvalue weighted by molar-refractivity contribution is 6.12. The van der Waals surface area contributed by atoms with Gasteiger partial charge in [-0.15, -0.1) is 0 Å². The Kier molecular flexibility index (Phi) is 5.73. The van der Waals surface area contributed by atoms with Crippen LogP contribution in [0.1, 0.15) is 40.5 Å². The van der Waals surface area contributed by atoms with Crippen molar-refractivity contribution >= 4 is 23.2 Å². The number of amides is 2. The molecule has 1 atom stereocenters. The first-order chi connectivity index (χ1) is 16.1. The molecule has 0 aromatic heterocycles. The van der Waals surface area contributed by atoms with Crippen LogP contribution in [0.5, 0.6) is 5.75 Å². The van der Waals surface area contributed by atoms with Gasteiger partial charge in [-0.05, 0) is 50.1 Å². The number of para-hydroxylation sites is 2. The van der Waals surface area contributed by atoms with Crippen LogP contribution in [0, 0.1) is 6.92 Å². The van der Waals surface area contributed by atoms with Crippen LogP contribution >= 0.6 is 0 Å². The molecule has 2 aliphatic heterocycles. The minimum Gasteiger partial charge on any atom is -0.483 e. The lowest BCUT2D eigenvalue weighted by atomic mass is 10.0. The molecule has 2 amide bonds. The number of fused-ring (bicyclic) bond motifs is 1. The third kappa shape index (κ3) is 4.16. The van der Waals surface area contributed by atoms with E-state index in [1.807, 2.05) is 84.6 Å². The lowest BCUT2D eigenvalue weighted by molar-refractivity contribution is -0.132. The number of anilines is 2. The standard InChI is InChI=1S/C27H27N3O3/c1-19-12-14-20(15-13-19)30-26(28-23-10-4-2-8-21(23)27(30)32)22-9-3-5-11-24(22)33-18-25(31)29-16-6-7-17-29/h2-5,8-15,26,28H,6-7,16-18H2,1H3. The van der Waals surface area contributed by atoms with Crippen LogP contribution in [-0.4, -0.2) is 36.4 Å². The minimum absolute atomic E-state index is 0.00396. The molecule has 0 radical (unpaired) electrons. The Bertz CT molecular complexity index is 1170. The summed E-state index contributed by atoms with van der Waals surface area (Å²) in [6.45, 7) is 3.59. The number of carbonyl (C=O) groups is 2. The van der Waals surface area contributed by atoms with E-state index in [4.69, 9.17) is 4.74 Å². The molecule has 3 aromatic carbocycles. The third-order valence-corrected chi connectivity index (χ3v) is 6.26. The van der Waals surface area contributed by atoms with Gasteiger partial charge in [0.05, 0.1) is 5.56 Å². The highest BCUT2D eigenvalue weighted by Gasteiger charge is 2.35. The quantitative estimate of drug-likeness (QED) is 0.620. The Morgan fingerprint density at radius 1 is 0.970 bits per heavy atom. The second-order valence-electron chi connectivity index (χ2n) is 8.52. The van der Waals surface area contributed by atoms with Crippen LogP contribution in [0.25, 0.3) is 0 Å². The number of ether oxygens (including phenoxy) is 1. The monoisotopic (exact) mass is 441 g/mol. The van der Waals surface area contributed by atoms with Gasteiger partial charge in [-0.2, -0.15) is 0 Å². The molecule has 0 aliphatic carbocycles. The molecule has 2 aliphatic rings. The zero-order valence-corrected chi connectivity index (χ0v) is 18.7. The predicted octanol–water partition coefficient (Wildman–Crippen LogP) is 4.77. The molecule has 0 spiro atoms. The van der Waals surface area contributed by atoms with Gasteiger partial charge in [0.2, 0.25) is 0 Å². The van der Waals surface area contributed by atoms with E-state index in [9.17, 15) is 9.59 Å². The molecule has 6 nitrogen and oxygen atoms in total. The number of hydrogen-bond donors (Lipinski definition) is 1. The van der Waals surface area contributed by atoms with Crippen LogP contribution in [0.4, 0.5) is 11.4 Å². The lowest BCUT2D eigenvalue weighted by Gasteiger charge is -2.38. The smallest absolute Gasteiger partial charge is 0.262 e.